The number of carbonyl (C=O) groups excluding carboxylic acids is 1. The third kappa shape index (κ3) is 2.53. The zero-order valence-corrected chi connectivity index (χ0v) is 12.4. The van der Waals surface area contributed by atoms with E-state index in [1.165, 1.54) is 11.1 Å². The molecule has 1 atom stereocenters. The minimum Gasteiger partial charge on any atom is -0.383 e. The molecule has 0 saturated carbocycles. The lowest BCUT2D eigenvalue weighted by Crippen LogP contribution is -2.23. The van der Waals surface area contributed by atoms with Gasteiger partial charge in [-0.1, -0.05) is 36.8 Å². The van der Waals surface area contributed by atoms with Crippen molar-refractivity contribution in [3.63, 3.8) is 0 Å². The van der Waals surface area contributed by atoms with Gasteiger partial charge in [0, 0.05) is 12.8 Å². The lowest BCUT2D eigenvalue weighted by molar-refractivity contribution is 0.0963. The van der Waals surface area contributed by atoms with Crippen LogP contribution in [0.4, 0.5) is 5.82 Å². The first-order valence-electron chi connectivity index (χ1n) is 7.33. The number of fused-ring (bicyclic) bond motifs is 1. The van der Waals surface area contributed by atoms with Gasteiger partial charge in [0.05, 0.1) is 11.3 Å². The van der Waals surface area contributed by atoms with Gasteiger partial charge in [-0.2, -0.15) is 0 Å². The van der Waals surface area contributed by atoms with Crippen molar-refractivity contribution in [1.29, 1.82) is 0 Å². The van der Waals surface area contributed by atoms with Gasteiger partial charge in [0.15, 0.2) is 5.78 Å². The molecule has 0 amide bonds. The van der Waals surface area contributed by atoms with Crippen molar-refractivity contribution in [2.24, 2.45) is 0 Å². The Bertz CT molecular complexity index is 692. The zero-order chi connectivity index (χ0) is 15.0. The number of hydrogen-bond donors (Lipinski definition) is 1. The third-order valence-electron chi connectivity index (χ3n) is 4.07. The lowest BCUT2D eigenvalue weighted by atomic mass is 9.81. The first-order chi connectivity index (χ1) is 10.1. The van der Waals surface area contributed by atoms with Gasteiger partial charge < -0.3 is 5.73 Å². The van der Waals surface area contributed by atoms with Gasteiger partial charge in [-0.3, -0.25) is 4.79 Å². The molecule has 1 aliphatic rings. The van der Waals surface area contributed by atoms with E-state index in [9.17, 15) is 4.79 Å². The molecule has 21 heavy (non-hydrogen) atoms. The van der Waals surface area contributed by atoms with E-state index in [2.05, 4.69) is 41.2 Å². The van der Waals surface area contributed by atoms with Crippen LogP contribution in [0.25, 0.3) is 0 Å². The molecule has 3 rings (SSSR count). The summed E-state index contributed by atoms with van der Waals surface area (Å²) in [5, 5.41) is 0. The maximum Gasteiger partial charge on any atom is 0.169 e. The Morgan fingerprint density at radius 2 is 1.90 bits per heavy atom. The number of ketones is 1. The molecule has 0 fully saturated rings. The number of hydrogen-bond acceptors (Lipinski definition) is 4. The molecule has 108 valence electrons. The van der Waals surface area contributed by atoms with Gasteiger partial charge in [0.25, 0.3) is 0 Å². The van der Waals surface area contributed by atoms with Crippen molar-refractivity contribution in [3.8, 4) is 0 Å². The molecule has 1 heterocycles. The smallest absolute Gasteiger partial charge is 0.169 e. The fourth-order valence-corrected chi connectivity index (χ4v) is 2.89. The Morgan fingerprint density at radius 1 is 1.19 bits per heavy atom. The predicted octanol–water partition coefficient (Wildman–Crippen LogP) is 2.84. The fourth-order valence-electron chi connectivity index (χ4n) is 2.89. The monoisotopic (exact) mass is 281 g/mol. The van der Waals surface area contributed by atoms with E-state index >= 15 is 0 Å². The van der Waals surface area contributed by atoms with Crippen LogP contribution in [0.1, 0.15) is 52.3 Å². The van der Waals surface area contributed by atoms with E-state index in [0.717, 1.165) is 18.5 Å². The van der Waals surface area contributed by atoms with Crippen LogP contribution in [0.3, 0.4) is 0 Å². The van der Waals surface area contributed by atoms with Gasteiger partial charge in [0.1, 0.15) is 11.6 Å². The molecule has 1 aliphatic carbocycles. The Hall–Kier alpha value is -2.23. The summed E-state index contributed by atoms with van der Waals surface area (Å²) in [6.07, 6.45) is 1.96. The van der Waals surface area contributed by atoms with Crippen LogP contribution in [0, 0.1) is 6.92 Å². The zero-order valence-electron chi connectivity index (χ0n) is 12.4. The molecule has 4 heteroatoms. The van der Waals surface area contributed by atoms with Gasteiger partial charge in [-0.15, -0.1) is 0 Å². The van der Waals surface area contributed by atoms with E-state index < -0.39 is 0 Å². The molecule has 2 N–H and O–H groups in total. The molecular weight excluding hydrogens is 262 g/mol. The molecule has 0 bridgehead atoms. The molecule has 1 aromatic carbocycles. The van der Waals surface area contributed by atoms with Crippen LogP contribution in [0.2, 0.25) is 0 Å². The Labute approximate surface area is 124 Å². The molecule has 0 radical (unpaired) electrons. The topological polar surface area (TPSA) is 68.9 Å². The Balaban J connectivity index is 1.99. The number of nitrogens with zero attached hydrogens (tertiary/aromatic N) is 2. The second-order valence-corrected chi connectivity index (χ2v) is 5.64. The van der Waals surface area contributed by atoms with Crippen molar-refractivity contribution in [2.45, 2.75) is 39.0 Å². The largest absolute Gasteiger partial charge is 0.383 e. The van der Waals surface area contributed by atoms with E-state index in [0.29, 0.717) is 23.6 Å². The SMILES string of the molecule is CCc1nc(N)c2c(n1)C[C@H](c1ccc(C)cc1)CC2=O. The molecule has 0 unspecified atom stereocenters. The number of nitrogen functional groups attached to an aromatic ring is 1. The number of nitrogens with two attached hydrogens (primary N) is 1. The van der Waals surface area contributed by atoms with E-state index in [-0.39, 0.29) is 11.7 Å². The minimum absolute atomic E-state index is 0.0574. The molecule has 1 aromatic heterocycles. The summed E-state index contributed by atoms with van der Waals surface area (Å²) in [6.45, 7) is 4.05. The predicted molar refractivity (Wildman–Crippen MR) is 82.4 cm³/mol. The highest BCUT2D eigenvalue weighted by atomic mass is 16.1. The maximum atomic E-state index is 12.4. The number of anilines is 1. The van der Waals surface area contributed by atoms with Crippen LogP contribution in [-0.4, -0.2) is 15.8 Å². The number of aromatic nitrogens is 2. The molecule has 4 nitrogen and oxygen atoms in total. The van der Waals surface area contributed by atoms with E-state index in [1.807, 2.05) is 6.92 Å². The van der Waals surface area contributed by atoms with Crippen molar-refractivity contribution in [3.05, 3.63) is 52.5 Å². The highest BCUT2D eigenvalue weighted by molar-refractivity contribution is 6.02. The number of rotatable bonds is 2. The highest BCUT2D eigenvalue weighted by Crippen LogP contribution is 2.33. The fraction of sp³-hybridized carbons (Fsp3) is 0.353. The standard InChI is InChI=1S/C17H19N3O/c1-3-15-19-13-8-12(11-6-4-10(2)5-7-11)9-14(21)16(13)17(18)20-15/h4-7,12H,3,8-9H2,1-2H3,(H2,18,19,20)/t12-/m0/s1. The van der Waals surface area contributed by atoms with Crippen molar-refractivity contribution >= 4 is 11.6 Å². The number of benzene rings is 1. The maximum absolute atomic E-state index is 12.4. The van der Waals surface area contributed by atoms with Crippen LogP contribution in [0.5, 0.6) is 0 Å². The summed E-state index contributed by atoms with van der Waals surface area (Å²) in [4.78, 5) is 21.1. The number of aryl methyl sites for hydroxylation is 2. The Kier molecular flexibility index (Phi) is 3.45. The molecule has 0 spiro atoms. The second-order valence-electron chi connectivity index (χ2n) is 5.64. The van der Waals surface area contributed by atoms with E-state index in [1.54, 1.807) is 0 Å². The summed E-state index contributed by atoms with van der Waals surface area (Å²) >= 11 is 0. The van der Waals surface area contributed by atoms with Gasteiger partial charge in [-0.05, 0) is 24.8 Å². The summed E-state index contributed by atoms with van der Waals surface area (Å²) < 4.78 is 0. The number of Topliss-reactive ketones (excluding diaryl/α,β-unsaturated/α-hetero) is 1. The first-order valence-corrected chi connectivity index (χ1v) is 7.33. The van der Waals surface area contributed by atoms with Crippen LogP contribution in [0.15, 0.2) is 24.3 Å². The minimum atomic E-state index is 0.0574. The lowest BCUT2D eigenvalue weighted by Gasteiger charge is -2.24. The van der Waals surface area contributed by atoms with Crippen LogP contribution < -0.4 is 5.73 Å². The van der Waals surface area contributed by atoms with Gasteiger partial charge in [-0.25, -0.2) is 9.97 Å². The molecule has 0 aliphatic heterocycles. The first kappa shape index (κ1) is 13.7. The van der Waals surface area contributed by atoms with Crippen molar-refractivity contribution < 1.29 is 4.79 Å². The second kappa shape index (κ2) is 5.28. The quantitative estimate of drug-likeness (QED) is 0.919. The van der Waals surface area contributed by atoms with Gasteiger partial charge >= 0.3 is 0 Å². The molecule has 2 aromatic rings. The molecular formula is C17H19N3O. The third-order valence-corrected chi connectivity index (χ3v) is 4.07. The number of carbonyl (C=O) groups is 1. The van der Waals surface area contributed by atoms with Gasteiger partial charge in [0.2, 0.25) is 0 Å². The van der Waals surface area contributed by atoms with Crippen LogP contribution >= 0.6 is 0 Å². The summed E-state index contributed by atoms with van der Waals surface area (Å²) in [5.41, 5.74) is 9.70. The summed E-state index contributed by atoms with van der Waals surface area (Å²) in [7, 11) is 0. The highest BCUT2D eigenvalue weighted by Gasteiger charge is 2.30. The normalized spacial score (nSPS) is 17.6. The summed E-state index contributed by atoms with van der Waals surface area (Å²) in [6, 6.07) is 8.37. The average Bonchev–Trinajstić information content (AvgIpc) is 2.46. The molecule has 0 saturated heterocycles. The Morgan fingerprint density at radius 3 is 2.57 bits per heavy atom. The van der Waals surface area contributed by atoms with Crippen molar-refractivity contribution in [1.82, 2.24) is 9.97 Å². The van der Waals surface area contributed by atoms with E-state index in [4.69, 9.17) is 5.73 Å². The van der Waals surface area contributed by atoms with Crippen molar-refractivity contribution in [2.75, 3.05) is 5.73 Å². The average molecular weight is 281 g/mol. The van der Waals surface area contributed by atoms with Crippen LogP contribution in [-0.2, 0) is 12.8 Å². The summed E-state index contributed by atoms with van der Waals surface area (Å²) in [5.74, 6) is 1.29.